The fourth-order valence-corrected chi connectivity index (χ4v) is 1.67. The average Bonchev–Trinajstić information content (AvgIpc) is 2.50. The lowest BCUT2D eigenvalue weighted by atomic mass is 10.1. The Hall–Kier alpha value is -0.980. The summed E-state index contributed by atoms with van der Waals surface area (Å²) in [5.41, 5.74) is 1.12. The normalized spacial score (nSPS) is 14.2. The number of rotatable bonds is 11. The third-order valence-corrected chi connectivity index (χ3v) is 2.91. The molecule has 0 radical (unpaired) electrons. The fraction of sp³-hybridized carbons (Fsp3) is 0.600. The van der Waals surface area contributed by atoms with Gasteiger partial charge in [-0.1, -0.05) is 30.3 Å². The summed E-state index contributed by atoms with van der Waals surface area (Å²) in [5, 5.41) is 27.0. The van der Waals surface area contributed by atoms with Gasteiger partial charge in [0.2, 0.25) is 0 Å². The molecule has 0 amide bonds. The summed E-state index contributed by atoms with van der Waals surface area (Å²) in [5.74, 6) is -0.0170. The summed E-state index contributed by atoms with van der Waals surface area (Å²) in [6.45, 7) is 1.24. The lowest BCUT2D eigenvalue weighted by Gasteiger charge is -2.15. The minimum absolute atomic E-state index is 0.0170. The number of benzene rings is 1. The molecule has 0 aliphatic carbocycles. The van der Waals surface area contributed by atoms with Crippen molar-refractivity contribution in [3.05, 3.63) is 35.9 Å². The molecule has 5 heteroatoms. The minimum Gasteiger partial charge on any atom is -0.396 e. The fourth-order valence-electron chi connectivity index (χ4n) is 1.67. The molecule has 5 nitrogen and oxygen atoms in total. The van der Waals surface area contributed by atoms with Gasteiger partial charge >= 0.3 is 0 Å². The van der Waals surface area contributed by atoms with Gasteiger partial charge in [0.15, 0.2) is 0 Å². The molecule has 1 rings (SSSR count). The molecule has 114 valence electrons. The van der Waals surface area contributed by atoms with E-state index in [9.17, 15) is 5.11 Å². The third kappa shape index (κ3) is 7.57. The first-order valence-electron chi connectivity index (χ1n) is 6.85. The zero-order valence-corrected chi connectivity index (χ0v) is 11.6. The Bertz CT molecular complexity index is 330. The van der Waals surface area contributed by atoms with Gasteiger partial charge in [0.05, 0.1) is 26.4 Å². The van der Waals surface area contributed by atoms with Crippen LogP contribution in [0, 0.1) is 5.92 Å². The van der Waals surface area contributed by atoms with E-state index in [0.29, 0.717) is 26.2 Å². The van der Waals surface area contributed by atoms with Crippen LogP contribution in [-0.2, 0) is 16.1 Å². The van der Waals surface area contributed by atoms with Crippen molar-refractivity contribution >= 4 is 0 Å². The molecule has 0 aliphatic rings. The Balaban J connectivity index is 2.09. The van der Waals surface area contributed by atoms with Gasteiger partial charge in [0.1, 0.15) is 6.10 Å². The molecule has 0 bridgehead atoms. The van der Waals surface area contributed by atoms with Crippen LogP contribution < -0.4 is 0 Å². The van der Waals surface area contributed by atoms with Crippen LogP contribution in [0.3, 0.4) is 0 Å². The maximum atomic E-state index is 9.22. The number of hydrogen-bond acceptors (Lipinski definition) is 5. The van der Waals surface area contributed by atoms with Gasteiger partial charge < -0.3 is 24.8 Å². The quantitative estimate of drug-likeness (QED) is 0.518. The Kier molecular flexibility index (Phi) is 9.19. The standard InChI is InChI=1S/C15H24O5/c16-8-14(11-20-12-15(18)9-17)6-7-19-10-13-4-2-1-3-5-13/h1-5,14-18H,6-12H2. The molecule has 20 heavy (non-hydrogen) atoms. The maximum Gasteiger partial charge on any atom is 0.100 e. The van der Waals surface area contributed by atoms with Gasteiger partial charge in [0.25, 0.3) is 0 Å². The second-order valence-corrected chi connectivity index (χ2v) is 4.75. The van der Waals surface area contributed by atoms with E-state index in [1.165, 1.54) is 0 Å². The molecule has 3 N–H and O–H groups in total. The second-order valence-electron chi connectivity index (χ2n) is 4.75. The van der Waals surface area contributed by atoms with Crippen molar-refractivity contribution in [2.75, 3.05) is 33.0 Å². The topological polar surface area (TPSA) is 79.2 Å². The summed E-state index contributed by atoms with van der Waals surface area (Å²) in [6.07, 6.45) is -0.165. The van der Waals surface area contributed by atoms with Gasteiger partial charge in [0, 0.05) is 19.1 Å². The highest BCUT2D eigenvalue weighted by molar-refractivity contribution is 5.13. The molecule has 0 spiro atoms. The summed E-state index contributed by atoms with van der Waals surface area (Å²) in [6, 6.07) is 9.90. The summed E-state index contributed by atoms with van der Waals surface area (Å²) in [7, 11) is 0. The molecule has 1 aromatic rings. The molecule has 0 aromatic heterocycles. The van der Waals surface area contributed by atoms with Gasteiger partial charge in [-0.25, -0.2) is 0 Å². The summed E-state index contributed by atoms with van der Waals surface area (Å²) in [4.78, 5) is 0. The van der Waals surface area contributed by atoms with E-state index in [4.69, 9.17) is 19.7 Å². The second kappa shape index (κ2) is 10.8. The van der Waals surface area contributed by atoms with Crippen LogP contribution in [0.2, 0.25) is 0 Å². The van der Waals surface area contributed by atoms with E-state index in [-0.39, 0.29) is 25.7 Å². The lowest BCUT2D eigenvalue weighted by molar-refractivity contribution is -0.0165. The zero-order chi connectivity index (χ0) is 14.6. The first kappa shape index (κ1) is 17.1. The number of ether oxygens (including phenoxy) is 2. The van der Waals surface area contributed by atoms with Crippen LogP contribution in [-0.4, -0.2) is 54.5 Å². The summed E-state index contributed by atoms with van der Waals surface area (Å²) < 4.78 is 10.8. The molecular formula is C15H24O5. The van der Waals surface area contributed by atoms with E-state index in [1.54, 1.807) is 0 Å². The van der Waals surface area contributed by atoms with Crippen molar-refractivity contribution in [2.24, 2.45) is 5.92 Å². The average molecular weight is 284 g/mol. The van der Waals surface area contributed by atoms with Crippen molar-refractivity contribution in [3.63, 3.8) is 0 Å². The molecular weight excluding hydrogens is 260 g/mol. The SMILES string of the molecule is OCC(O)COCC(CO)CCOCc1ccccc1. The first-order valence-corrected chi connectivity index (χ1v) is 6.85. The Morgan fingerprint density at radius 2 is 1.70 bits per heavy atom. The molecule has 0 fully saturated rings. The number of aliphatic hydroxyl groups is 3. The predicted octanol–water partition coefficient (Wildman–Crippen LogP) is 0.572. The van der Waals surface area contributed by atoms with Gasteiger partial charge in [-0.2, -0.15) is 0 Å². The highest BCUT2D eigenvalue weighted by atomic mass is 16.5. The van der Waals surface area contributed by atoms with E-state index in [1.807, 2.05) is 30.3 Å². The molecule has 0 aliphatic heterocycles. The van der Waals surface area contributed by atoms with Crippen molar-refractivity contribution in [1.82, 2.24) is 0 Å². The first-order chi connectivity index (χ1) is 9.76. The Labute approximate surface area is 119 Å². The molecule has 0 saturated carbocycles. The number of aliphatic hydroxyl groups excluding tert-OH is 3. The largest absolute Gasteiger partial charge is 0.396 e. The third-order valence-electron chi connectivity index (χ3n) is 2.91. The van der Waals surface area contributed by atoms with Crippen LogP contribution in [0.15, 0.2) is 30.3 Å². The van der Waals surface area contributed by atoms with Gasteiger partial charge in [-0.3, -0.25) is 0 Å². The van der Waals surface area contributed by atoms with Crippen LogP contribution in [0.1, 0.15) is 12.0 Å². The monoisotopic (exact) mass is 284 g/mol. The van der Waals surface area contributed by atoms with E-state index < -0.39 is 6.10 Å². The predicted molar refractivity (Wildman–Crippen MR) is 75.2 cm³/mol. The van der Waals surface area contributed by atoms with Gasteiger partial charge in [-0.05, 0) is 12.0 Å². The molecule has 2 atom stereocenters. The number of hydrogen-bond donors (Lipinski definition) is 3. The minimum atomic E-state index is -0.858. The van der Waals surface area contributed by atoms with Crippen molar-refractivity contribution in [3.8, 4) is 0 Å². The Morgan fingerprint density at radius 3 is 2.35 bits per heavy atom. The van der Waals surface area contributed by atoms with E-state index >= 15 is 0 Å². The van der Waals surface area contributed by atoms with Crippen molar-refractivity contribution < 1.29 is 24.8 Å². The van der Waals surface area contributed by atoms with Crippen molar-refractivity contribution in [1.29, 1.82) is 0 Å². The van der Waals surface area contributed by atoms with Crippen LogP contribution >= 0.6 is 0 Å². The zero-order valence-electron chi connectivity index (χ0n) is 11.6. The molecule has 1 aromatic carbocycles. The Morgan fingerprint density at radius 1 is 0.950 bits per heavy atom. The molecule has 2 unspecified atom stereocenters. The smallest absolute Gasteiger partial charge is 0.100 e. The van der Waals surface area contributed by atoms with Crippen LogP contribution in [0.5, 0.6) is 0 Å². The van der Waals surface area contributed by atoms with Crippen molar-refractivity contribution in [2.45, 2.75) is 19.1 Å². The van der Waals surface area contributed by atoms with Crippen LogP contribution in [0.25, 0.3) is 0 Å². The molecule has 0 saturated heterocycles. The van der Waals surface area contributed by atoms with Gasteiger partial charge in [-0.15, -0.1) is 0 Å². The maximum absolute atomic E-state index is 9.22. The van der Waals surface area contributed by atoms with E-state index in [0.717, 1.165) is 5.56 Å². The van der Waals surface area contributed by atoms with Crippen LogP contribution in [0.4, 0.5) is 0 Å². The lowest BCUT2D eigenvalue weighted by Crippen LogP contribution is -2.23. The van der Waals surface area contributed by atoms with E-state index in [2.05, 4.69) is 0 Å². The highest BCUT2D eigenvalue weighted by Crippen LogP contribution is 2.06. The summed E-state index contributed by atoms with van der Waals surface area (Å²) >= 11 is 0. The highest BCUT2D eigenvalue weighted by Gasteiger charge is 2.09. The molecule has 0 heterocycles.